The Balaban J connectivity index is 1.77. The van der Waals surface area contributed by atoms with Crippen LogP contribution in [0, 0.1) is 0 Å². The third kappa shape index (κ3) is 5.12. The standard InChI is InChI=1S/C22H23ClN2O5S2/c1-4-25(5-2)32(27,28)16-10-11-19(23)18(12-16)22(26)30-13-15-14-31-21(24-15)17-8-6-7-9-20(17)29-3/h6-12,14H,4-5,13H2,1-3H3. The summed E-state index contributed by atoms with van der Waals surface area (Å²) in [6.45, 7) is 4.06. The first-order valence-corrected chi connectivity index (χ1v) is 12.6. The Hall–Kier alpha value is -2.46. The number of hydrogen-bond donors (Lipinski definition) is 0. The third-order valence-electron chi connectivity index (χ3n) is 4.74. The fourth-order valence-electron chi connectivity index (χ4n) is 3.07. The van der Waals surface area contributed by atoms with Gasteiger partial charge in [-0.15, -0.1) is 11.3 Å². The second-order valence-electron chi connectivity index (χ2n) is 6.65. The van der Waals surface area contributed by atoms with Crippen molar-refractivity contribution in [3.05, 3.63) is 64.1 Å². The predicted molar refractivity (Wildman–Crippen MR) is 125 cm³/mol. The van der Waals surface area contributed by atoms with Gasteiger partial charge in [-0.25, -0.2) is 18.2 Å². The van der Waals surface area contributed by atoms with Gasteiger partial charge in [-0.1, -0.05) is 37.6 Å². The number of para-hydroxylation sites is 1. The van der Waals surface area contributed by atoms with E-state index in [-0.39, 0.29) is 22.1 Å². The van der Waals surface area contributed by atoms with Crippen LogP contribution in [-0.4, -0.2) is 43.9 Å². The quantitative estimate of drug-likeness (QED) is 0.395. The largest absolute Gasteiger partial charge is 0.496 e. The average molecular weight is 495 g/mol. The molecule has 1 heterocycles. The first-order valence-electron chi connectivity index (χ1n) is 9.86. The molecule has 0 saturated carbocycles. The van der Waals surface area contributed by atoms with Gasteiger partial charge in [0.2, 0.25) is 10.0 Å². The van der Waals surface area contributed by atoms with Crippen LogP contribution >= 0.6 is 22.9 Å². The Bertz CT molecular complexity index is 1210. The van der Waals surface area contributed by atoms with Crippen molar-refractivity contribution >= 4 is 38.9 Å². The highest BCUT2D eigenvalue weighted by atomic mass is 35.5. The molecule has 0 N–H and O–H groups in total. The van der Waals surface area contributed by atoms with Crippen LogP contribution in [0.2, 0.25) is 5.02 Å². The van der Waals surface area contributed by atoms with Crippen LogP contribution in [0.15, 0.2) is 52.7 Å². The molecule has 1 aromatic heterocycles. The molecule has 0 atom stereocenters. The summed E-state index contributed by atoms with van der Waals surface area (Å²) in [5, 5.41) is 2.64. The van der Waals surface area contributed by atoms with Crippen LogP contribution in [0.4, 0.5) is 0 Å². The number of hydrogen-bond acceptors (Lipinski definition) is 7. The number of benzene rings is 2. The highest BCUT2D eigenvalue weighted by Crippen LogP contribution is 2.32. The van der Waals surface area contributed by atoms with E-state index in [1.165, 1.54) is 33.8 Å². The van der Waals surface area contributed by atoms with Crippen LogP contribution in [0.5, 0.6) is 5.75 Å². The van der Waals surface area contributed by atoms with Crippen molar-refractivity contribution in [2.24, 2.45) is 0 Å². The van der Waals surface area contributed by atoms with E-state index < -0.39 is 16.0 Å². The number of rotatable bonds is 9. The Morgan fingerprint density at radius 1 is 1.16 bits per heavy atom. The van der Waals surface area contributed by atoms with Crippen LogP contribution in [0.1, 0.15) is 29.9 Å². The van der Waals surface area contributed by atoms with Gasteiger partial charge in [0, 0.05) is 18.5 Å². The average Bonchev–Trinajstić information content (AvgIpc) is 3.27. The molecule has 0 bridgehead atoms. The second kappa shape index (κ2) is 10.4. The molecule has 0 radical (unpaired) electrons. The summed E-state index contributed by atoms with van der Waals surface area (Å²) in [6, 6.07) is 11.5. The summed E-state index contributed by atoms with van der Waals surface area (Å²) in [6.07, 6.45) is 0. The molecule has 0 aliphatic carbocycles. The molecule has 3 rings (SSSR count). The third-order valence-corrected chi connectivity index (χ3v) is 8.04. The van der Waals surface area contributed by atoms with Crippen LogP contribution in [0.3, 0.4) is 0 Å². The van der Waals surface area contributed by atoms with E-state index in [2.05, 4.69) is 4.98 Å². The van der Waals surface area contributed by atoms with Gasteiger partial charge < -0.3 is 9.47 Å². The number of carbonyl (C=O) groups is 1. The molecular formula is C22H23ClN2O5S2. The smallest absolute Gasteiger partial charge is 0.340 e. The number of halogens is 1. The van der Waals surface area contributed by atoms with E-state index >= 15 is 0 Å². The van der Waals surface area contributed by atoms with E-state index in [0.29, 0.717) is 24.5 Å². The van der Waals surface area contributed by atoms with Crippen LogP contribution in [-0.2, 0) is 21.4 Å². The van der Waals surface area contributed by atoms with Crippen molar-refractivity contribution in [3.8, 4) is 16.3 Å². The summed E-state index contributed by atoms with van der Waals surface area (Å²) in [4.78, 5) is 17.1. The van der Waals surface area contributed by atoms with E-state index in [4.69, 9.17) is 21.1 Å². The molecule has 0 unspecified atom stereocenters. The van der Waals surface area contributed by atoms with Crippen molar-refractivity contribution in [1.82, 2.24) is 9.29 Å². The summed E-state index contributed by atoms with van der Waals surface area (Å²) in [5.74, 6) is -0.0261. The van der Waals surface area contributed by atoms with Gasteiger partial charge in [-0.2, -0.15) is 4.31 Å². The van der Waals surface area contributed by atoms with E-state index in [1.807, 2.05) is 24.3 Å². The van der Waals surface area contributed by atoms with Crippen molar-refractivity contribution in [2.45, 2.75) is 25.3 Å². The number of ether oxygens (including phenoxy) is 2. The molecule has 0 aliphatic rings. The Morgan fingerprint density at radius 3 is 2.56 bits per heavy atom. The lowest BCUT2D eigenvalue weighted by Gasteiger charge is -2.19. The lowest BCUT2D eigenvalue weighted by Crippen LogP contribution is -2.30. The minimum absolute atomic E-state index is 0.00957. The number of aromatic nitrogens is 1. The molecule has 0 spiro atoms. The molecule has 2 aromatic carbocycles. The van der Waals surface area contributed by atoms with Crippen molar-refractivity contribution in [2.75, 3.05) is 20.2 Å². The van der Waals surface area contributed by atoms with Gasteiger partial charge in [-0.3, -0.25) is 0 Å². The highest BCUT2D eigenvalue weighted by molar-refractivity contribution is 7.89. The fourth-order valence-corrected chi connectivity index (χ4v) is 5.58. The topological polar surface area (TPSA) is 85.8 Å². The molecule has 32 heavy (non-hydrogen) atoms. The predicted octanol–water partition coefficient (Wildman–Crippen LogP) is 4.86. The van der Waals surface area contributed by atoms with Crippen LogP contribution in [0.25, 0.3) is 10.6 Å². The van der Waals surface area contributed by atoms with E-state index in [9.17, 15) is 13.2 Å². The molecule has 7 nitrogen and oxygen atoms in total. The minimum Gasteiger partial charge on any atom is -0.496 e. The maximum atomic E-state index is 12.8. The Kier molecular flexibility index (Phi) is 7.89. The number of esters is 1. The van der Waals surface area contributed by atoms with Gasteiger partial charge in [0.25, 0.3) is 0 Å². The second-order valence-corrected chi connectivity index (χ2v) is 9.85. The maximum Gasteiger partial charge on any atom is 0.340 e. The lowest BCUT2D eigenvalue weighted by atomic mass is 10.2. The number of nitrogens with zero attached hydrogens (tertiary/aromatic N) is 2. The molecule has 0 saturated heterocycles. The molecule has 0 amide bonds. The van der Waals surface area contributed by atoms with Crippen LogP contribution < -0.4 is 4.74 Å². The number of thiazole rings is 1. The monoisotopic (exact) mass is 494 g/mol. The molecule has 10 heteroatoms. The normalized spacial score (nSPS) is 11.5. The van der Waals surface area contributed by atoms with Gasteiger partial charge in [0.15, 0.2) is 0 Å². The zero-order valence-electron chi connectivity index (χ0n) is 17.9. The minimum atomic E-state index is -3.73. The first kappa shape index (κ1) is 24.2. The number of carbonyl (C=O) groups excluding carboxylic acids is 1. The SMILES string of the molecule is CCN(CC)S(=O)(=O)c1ccc(Cl)c(C(=O)OCc2csc(-c3ccccc3OC)n2)c1. The lowest BCUT2D eigenvalue weighted by molar-refractivity contribution is 0.0468. The van der Waals surface area contributed by atoms with E-state index in [1.54, 1.807) is 26.3 Å². The zero-order valence-corrected chi connectivity index (χ0v) is 20.3. The van der Waals surface area contributed by atoms with Gasteiger partial charge in [0.1, 0.15) is 17.4 Å². The molecular weight excluding hydrogens is 472 g/mol. The van der Waals surface area contributed by atoms with Gasteiger partial charge in [0.05, 0.1) is 33.8 Å². The summed E-state index contributed by atoms with van der Waals surface area (Å²) in [5.41, 5.74) is 1.39. The zero-order chi connectivity index (χ0) is 23.3. The summed E-state index contributed by atoms with van der Waals surface area (Å²) < 4.78 is 37.6. The molecule has 3 aromatic rings. The van der Waals surface area contributed by atoms with Gasteiger partial charge >= 0.3 is 5.97 Å². The van der Waals surface area contributed by atoms with E-state index in [0.717, 1.165) is 10.6 Å². The maximum absolute atomic E-state index is 12.8. The fraction of sp³-hybridized carbons (Fsp3) is 0.273. The summed E-state index contributed by atoms with van der Waals surface area (Å²) in [7, 11) is -2.14. The Labute approximate surface area is 196 Å². The first-order chi connectivity index (χ1) is 15.3. The van der Waals surface area contributed by atoms with Crippen molar-refractivity contribution in [1.29, 1.82) is 0 Å². The Morgan fingerprint density at radius 2 is 1.88 bits per heavy atom. The molecule has 0 aliphatic heterocycles. The number of sulfonamides is 1. The van der Waals surface area contributed by atoms with Crippen molar-refractivity contribution < 1.29 is 22.7 Å². The molecule has 0 fully saturated rings. The van der Waals surface area contributed by atoms with Crippen molar-refractivity contribution in [3.63, 3.8) is 0 Å². The summed E-state index contributed by atoms with van der Waals surface area (Å²) >= 11 is 7.55. The molecule has 170 valence electrons. The van der Waals surface area contributed by atoms with Gasteiger partial charge in [-0.05, 0) is 30.3 Å². The number of methoxy groups -OCH3 is 1. The highest BCUT2D eigenvalue weighted by Gasteiger charge is 2.24.